The van der Waals surface area contributed by atoms with Crippen LogP contribution in [0.5, 0.6) is 0 Å². The van der Waals surface area contributed by atoms with Crippen LogP contribution in [0.3, 0.4) is 0 Å². The van der Waals surface area contributed by atoms with Gasteiger partial charge in [0.15, 0.2) is 0 Å². The quantitative estimate of drug-likeness (QED) is 0.402. The van der Waals surface area contributed by atoms with Crippen LogP contribution in [0, 0.1) is 5.92 Å². The second kappa shape index (κ2) is 8.88. The molecule has 0 saturated carbocycles. The van der Waals surface area contributed by atoms with Gasteiger partial charge < -0.3 is 14.6 Å². The van der Waals surface area contributed by atoms with Crippen molar-refractivity contribution in [2.45, 2.75) is 51.2 Å². The van der Waals surface area contributed by atoms with E-state index in [2.05, 4.69) is 22.9 Å². The number of aliphatic hydroxyl groups excluding tert-OH is 1. The number of carbonyl (C=O) groups is 1. The van der Waals surface area contributed by atoms with Crippen molar-refractivity contribution in [3.8, 4) is 0 Å². The molecule has 0 aromatic rings. The molecule has 0 aromatic heterocycles. The third kappa shape index (κ3) is 5.67. The minimum atomic E-state index is -0.480. The van der Waals surface area contributed by atoms with E-state index in [-0.39, 0.29) is 18.0 Å². The van der Waals surface area contributed by atoms with Crippen molar-refractivity contribution in [2.75, 3.05) is 18.5 Å². The minimum Gasteiger partial charge on any atom is -0.460 e. The number of unbranched alkanes of at least 4 members (excludes halogenated alkanes) is 2. The number of aliphatic hydroxyl groups is 1. The van der Waals surface area contributed by atoms with Crippen LogP contribution in [-0.2, 0) is 14.3 Å². The number of cyclic esters (lactones) is 1. The first kappa shape index (κ1) is 15.9. The summed E-state index contributed by atoms with van der Waals surface area (Å²) < 4.78 is 10.7. The van der Waals surface area contributed by atoms with E-state index in [1.165, 1.54) is 12.8 Å². The van der Waals surface area contributed by atoms with E-state index in [0.29, 0.717) is 24.8 Å². The summed E-state index contributed by atoms with van der Waals surface area (Å²) in [6, 6.07) is 0. The van der Waals surface area contributed by atoms with E-state index in [0.717, 1.165) is 13.0 Å². The molecule has 0 amide bonds. The molecule has 0 spiro atoms. The van der Waals surface area contributed by atoms with E-state index < -0.39 is 6.10 Å². The van der Waals surface area contributed by atoms with Gasteiger partial charge in [-0.1, -0.05) is 35.7 Å². The van der Waals surface area contributed by atoms with Gasteiger partial charge in [-0.15, -0.1) is 0 Å². The van der Waals surface area contributed by atoms with Gasteiger partial charge in [-0.05, 0) is 12.8 Å². The number of halogens is 1. The Hall–Kier alpha value is -0.130. The maximum Gasteiger partial charge on any atom is 0.309 e. The fourth-order valence-corrected chi connectivity index (χ4v) is 2.34. The Bertz CT molecular complexity index is 247. The molecule has 1 rings (SSSR count). The largest absolute Gasteiger partial charge is 0.460 e. The maximum absolute atomic E-state index is 11.6. The SMILES string of the molecule is CCCCCOCC1CC(CC(O)CBr)C(=O)O1. The molecule has 0 aromatic carbocycles. The van der Waals surface area contributed by atoms with Crippen LogP contribution in [0.2, 0.25) is 0 Å². The average Bonchev–Trinajstić information content (AvgIpc) is 2.69. The normalized spacial score (nSPS) is 25.2. The Kier molecular flexibility index (Phi) is 7.86. The third-order valence-electron chi connectivity index (χ3n) is 3.09. The molecule has 1 aliphatic rings. The van der Waals surface area contributed by atoms with E-state index >= 15 is 0 Å². The number of alkyl halides is 1. The Morgan fingerprint density at radius 1 is 1.56 bits per heavy atom. The van der Waals surface area contributed by atoms with Crippen molar-refractivity contribution in [1.82, 2.24) is 0 Å². The Morgan fingerprint density at radius 3 is 3.00 bits per heavy atom. The van der Waals surface area contributed by atoms with Crippen LogP contribution in [0.1, 0.15) is 39.0 Å². The molecule has 0 radical (unpaired) electrons. The third-order valence-corrected chi connectivity index (χ3v) is 3.84. The Balaban J connectivity index is 2.16. The van der Waals surface area contributed by atoms with Gasteiger partial charge in [-0.3, -0.25) is 4.79 Å². The summed E-state index contributed by atoms with van der Waals surface area (Å²) in [5.41, 5.74) is 0. The summed E-state index contributed by atoms with van der Waals surface area (Å²) in [6.07, 6.45) is 3.92. The predicted octanol–water partition coefficient (Wildman–Crippen LogP) is 2.27. The van der Waals surface area contributed by atoms with Crippen LogP contribution < -0.4 is 0 Å². The first-order chi connectivity index (χ1) is 8.67. The van der Waals surface area contributed by atoms with Crippen LogP contribution in [-0.4, -0.2) is 41.8 Å². The predicted molar refractivity (Wildman–Crippen MR) is 72.7 cm³/mol. The fraction of sp³-hybridized carbons (Fsp3) is 0.923. The van der Waals surface area contributed by atoms with Crippen LogP contribution in [0.25, 0.3) is 0 Å². The lowest BCUT2D eigenvalue weighted by Gasteiger charge is -2.10. The number of rotatable bonds is 9. The van der Waals surface area contributed by atoms with E-state index in [1.54, 1.807) is 0 Å². The first-order valence-electron chi connectivity index (χ1n) is 6.69. The molecule has 3 unspecified atom stereocenters. The molecule has 0 bridgehead atoms. The second-order valence-electron chi connectivity index (χ2n) is 4.82. The monoisotopic (exact) mass is 322 g/mol. The molecule has 1 heterocycles. The highest BCUT2D eigenvalue weighted by Crippen LogP contribution is 2.26. The molecule has 18 heavy (non-hydrogen) atoms. The lowest BCUT2D eigenvalue weighted by molar-refractivity contribution is -0.146. The summed E-state index contributed by atoms with van der Waals surface area (Å²) in [5.74, 6) is -0.376. The summed E-state index contributed by atoms with van der Waals surface area (Å²) in [7, 11) is 0. The standard InChI is InChI=1S/C13H23BrO4/c1-2-3-4-5-17-9-12-7-10(13(16)18-12)6-11(15)8-14/h10-12,15H,2-9H2,1H3. The van der Waals surface area contributed by atoms with Gasteiger partial charge in [-0.2, -0.15) is 0 Å². The zero-order valence-electron chi connectivity index (χ0n) is 10.9. The number of hydrogen-bond donors (Lipinski definition) is 1. The van der Waals surface area contributed by atoms with Gasteiger partial charge in [0.05, 0.1) is 18.6 Å². The molecule has 1 fully saturated rings. The van der Waals surface area contributed by atoms with Crippen LogP contribution >= 0.6 is 15.9 Å². The first-order valence-corrected chi connectivity index (χ1v) is 7.81. The van der Waals surface area contributed by atoms with Gasteiger partial charge >= 0.3 is 5.97 Å². The van der Waals surface area contributed by atoms with Gasteiger partial charge in [0.2, 0.25) is 0 Å². The number of hydrogen-bond acceptors (Lipinski definition) is 4. The van der Waals surface area contributed by atoms with Crippen LogP contribution in [0.15, 0.2) is 0 Å². The molecule has 106 valence electrons. The molecule has 4 nitrogen and oxygen atoms in total. The topological polar surface area (TPSA) is 55.8 Å². The van der Waals surface area contributed by atoms with Crippen molar-refractivity contribution >= 4 is 21.9 Å². The highest BCUT2D eigenvalue weighted by atomic mass is 79.9. The molecule has 0 aliphatic carbocycles. The molecular formula is C13H23BrO4. The van der Waals surface area contributed by atoms with Gasteiger partial charge in [-0.25, -0.2) is 0 Å². The number of esters is 1. The van der Waals surface area contributed by atoms with Gasteiger partial charge in [0.1, 0.15) is 6.10 Å². The zero-order valence-corrected chi connectivity index (χ0v) is 12.5. The van der Waals surface area contributed by atoms with Crippen molar-refractivity contribution in [1.29, 1.82) is 0 Å². The maximum atomic E-state index is 11.6. The summed E-state index contributed by atoms with van der Waals surface area (Å²) >= 11 is 3.20. The fourth-order valence-electron chi connectivity index (χ4n) is 2.08. The molecule has 1 saturated heterocycles. The minimum absolute atomic E-state index is 0.133. The van der Waals surface area contributed by atoms with Crippen molar-refractivity contribution in [3.05, 3.63) is 0 Å². The van der Waals surface area contributed by atoms with Crippen molar-refractivity contribution in [3.63, 3.8) is 0 Å². The molecule has 1 aliphatic heterocycles. The van der Waals surface area contributed by atoms with Crippen LogP contribution in [0.4, 0.5) is 0 Å². The zero-order chi connectivity index (χ0) is 13.4. The Labute approximate surface area is 117 Å². The van der Waals surface area contributed by atoms with E-state index in [4.69, 9.17) is 9.47 Å². The molecule has 1 N–H and O–H groups in total. The van der Waals surface area contributed by atoms with Crippen molar-refractivity contribution in [2.24, 2.45) is 5.92 Å². The van der Waals surface area contributed by atoms with Gasteiger partial charge in [0.25, 0.3) is 0 Å². The highest BCUT2D eigenvalue weighted by molar-refractivity contribution is 9.09. The number of ether oxygens (including phenoxy) is 2. The summed E-state index contributed by atoms with van der Waals surface area (Å²) in [6.45, 7) is 3.37. The second-order valence-corrected chi connectivity index (χ2v) is 5.46. The van der Waals surface area contributed by atoms with Crippen molar-refractivity contribution < 1.29 is 19.4 Å². The molecule has 5 heteroatoms. The average molecular weight is 323 g/mol. The Morgan fingerprint density at radius 2 is 2.33 bits per heavy atom. The lowest BCUT2D eigenvalue weighted by atomic mass is 9.99. The lowest BCUT2D eigenvalue weighted by Crippen LogP contribution is -2.18. The highest BCUT2D eigenvalue weighted by Gasteiger charge is 2.35. The summed E-state index contributed by atoms with van der Waals surface area (Å²) in [4.78, 5) is 11.6. The van der Waals surface area contributed by atoms with E-state index in [9.17, 15) is 9.90 Å². The number of carbonyl (C=O) groups excluding carboxylic acids is 1. The molecular weight excluding hydrogens is 300 g/mol. The smallest absolute Gasteiger partial charge is 0.309 e. The molecule has 3 atom stereocenters. The summed E-state index contributed by atoms with van der Waals surface area (Å²) in [5, 5.41) is 10.0. The van der Waals surface area contributed by atoms with E-state index in [1.807, 2.05) is 0 Å². The van der Waals surface area contributed by atoms with Gasteiger partial charge in [0, 0.05) is 18.4 Å².